The number of methoxy groups -OCH3 is 1. The molecule has 0 bridgehead atoms. The molecule has 0 amide bonds. The molecular weight excluding hydrogens is 396 g/mol. The van der Waals surface area contributed by atoms with Gasteiger partial charge in [-0.2, -0.15) is 0 Å². The SMILES string of the molecule is COc1ccccc1C1CCN(c2nc(C3CC3)nc3cc(C(C)CCN)ccc23)CC1. The molecule has 1 aromatic heterocycles. The molecule has 0 spiro atoms. The predicted molar refractivity (Wildman–Crippen MR) is 131 cm³/mol. The summed E-state index contributed by atoms with van der Waals surface area (Å²) in [5, 5.41) is 1.17. The number of anilines is 1. The fraction of sp³-hybridized carbons (Fsp3) is 0.481. The Balaban J connectivity index is 1.43. The molecule has 1 aliphatic carbocycles. The van der Waals surface area contributed by atoms with Gasteiger partial charge in [-0.05, 0) is 79.8 Å². The molecule has 1 unspecified atom stereocenters. The molecule has 5 rings (SSSR count). The van der Waals surface area contributed by atoms with E-state index in [0.717, 1.165) is 55.3 Å². The molecule has 1 atom stereocenters. The highest BCUT2D eigenvalue weighted by atomic mass is 16.5. The maximum Gasteiger partial charge on any atom is 0.140 e. The number of para-hydroxylation sites is 1. The first-order valence-electron chi connectivity index (χ1n) is 12.1. The molecule has 1 saturated heterocycles. The molecule has 5 nitrogen and oxygen atoms in total. The monoisotopic (exact) mass is 430 g/mol. The summed E-state index contributed by atoms with van der Waals surface area (Å²) in [5.74, 6) is 4.67. The highest BCUT2D eigenvalue weighted by Gasteiger charge is 2.30. The average molecular weight is 431 g/mol. The third-order valence-electron chi connectivity index (χ3n) is 7.20. The molecule has 0 radical (unpaired) electrons. The Kier molecular flexibility index (Phi) is 6.01. The maximum atomic E-state index is 5.80. The van der Waals surface area contributed by atoms with Crippen LogP contribution >= 0.6 is 0 Å². The van der Waals surface area contributed by atoms with Gasteiger partial charge in [-0.25, -0.2) is 9.97 Å². The first-order valence-corrected chi connectivity index (χ1v) is 12.1. The Labute approximate surface area is 191 Å². The number of hydrogen-bond donors (Lipinski definition) is 1. The van der Waals surface area contributed by atoms with E-state index in [2.05, 4.69) is 48.2 Å². The molecule has 32 heavy (non-hydrogen) atoms. The Morgan fingerprint density at radius 2 is 1.81 bits per heavy atom. The fourth-order valence-corrected chi connectivity index (χ4v) is 5.04. The topological polar surface area (TPSA) is 64.3 Å². The Bertz CT molecular complexity index is 1090. The summed E-state index contributed by atoms with van der Waals surface area (Å²) in [6.45, 7) is 4.97. The van der Waals surface area contributed by atoms with Gasteiger partial charge in [0.1, 0.15) is 17.4 Å². The molecular formula is C27H34N4O. The second-order valence-electron chi connectivity index (χ2n) is 9.44. The largest absolute Gasteiger partial charge is 0.496 e. The van der Waals surface area contributed by atoms with Crippen LogP contribution in [0.5, 0.6) is 5.75 Å². The van der Waals surface area contributed by atoms with Gasteiger partial charge < -0.3 is 15.4 Å². The lowest BCUT2D eigenvalue weighted by Crippen LogP contribution is -2.34. The summed E-state index contributed by atoms with van der Waals surface area (Å²) in [7, 11) is 1.77. The van der Waals surface area contributed by atoms with Crippen LogP contribution in [0.4, 0.5) is 5.82 Å². The molecule has 1 aliphatic heterocycles. The molecule has 5 heteroatoms. The van der Waals surface area contributed by atoms with Gasteiger partial charge >= 0.3 is 0 Å². The van der Waals surface area contributed by atoms with E-state index in [9.17, 15) is 0 Å². The molecule has 2 N–H and O–H groups in total. The molecule has 2 aliphatic rings. The van der Waals surface area contributed by atoms with Gasteiger partial charge in [-0.3, -0.25) is 0 Å². The number of fused-ring (bicyclic) bond motifs is 1. The molecule has 2 heterocycles. The van der Waals surface area contributed by atoms with Gasteiger partial charge in [0.25, 0.3) is 0 Å². The molecule has 1 saturated carbocycles. The van der Waals surface area contributed by atoms with Crippen molar-refractivity contribution in [3.05, 3.63) is 59.4 Å². The normalized spacial score (nSPS) is 18.2. The van der Waals surface area contributed by atoms with Gasteiger partial charge in [0.05, 0.1) is 12.6 Å². The predicted octanol–water partition coefficient (Wildman–Crippen LogP) is 5.35. The van der Waals surface area contributed by atoms with E-state index in [4.69, 9.17) is 20.4 Å². The summed E-state index contributed by atoms with van der Waals surface area (Å²) in [4.78, 5) is 12.6. The van der Waals surface area contributed by atoms with Crippen molar-refractivity contribution in [2.75, 3.05) is 31.6 Å². The minimum absolute atomic E-state index is 0.448. The van der Waals surface area contributed by atoms with E-state index < -0.39 is 0 Å². The Morgan fingerprint density at radius 1 is 1.03 bits per heavy atom. The number of nitrogens with zero attached hydrogens (tertiary/aromatic N) is 3. The fourth-order valence-electron chi connectivity index (χ4n) is 5.04. The second kappa shape index (κ2) is 9.07. The van der Waals surface area contributed by atoms with Crippen LogP contribution in [0, 0.1) is 0 Å². The van der Waals surface area contributed by atoms with E-state index in [-0.39, 0.29) is 0 Å². The van der Waals surface area contributed by atoms with Gasteiger partial charge in [-0.1, -0.05) is 31.2 Å². The lowest BCUT2D eigenvalue weighted by Gasteiger charge is -2.34. The van der Waals surface area contributed by atoms with Crippen molar-refractivity contribution in [1.29, 1.82) is 0 Å². The third kappa shape index (κ3) is 4.18. The third-order valence-corrected chi connectivity index (χ3v) is 7.20. The van der Waals surface area contributed by atoms with E-state index >= 15 is 0 Å². The minimum atomic E-state index is 0.448. The molecule has 2 fully saturated rings. The maximum absolute atomic E-state index is 5.80. The van der Waals surface area contributed by atoms with Gasteiger partial charge in [0.15, 0.2) is 0 Å². The van der Waals surface area contributed by atoms with Crippen LogP contribution in [-0.2, 0) is 0 Å². The van der Waals surface area contributed by atoms with Crippen molar-refractivity contribution in [3.63, 3.8) is 0 Å². The minimum Gasteiger partial charge on any atom is -0.496 e. The lowest BCUT2D eigenvalue weighted by molar-refractivity contribution is 0.397. The van der Waals surface area contributed by atoms with E-state index in [1.165, 1.54) is 29.4 Å². The Hall–Kier alpha value is -2.66. The van der Waals surface area contributed by atoms with Crippen LogP contribution in [0.2, 0.25) is 0 Å². The van der Waals surface area contributed by atoms with Crippen LogP contribution in [0.15, 0.2) is 42.5 Å². The Morgan fingerprint density at radius 3 is 2.53 bits per heavy atom. The summed E-state index contributed by atoms with van der Waals surface area (Å²) in [6, 6.07) is 15.2. The number of benzene rings is 2. The number of hydrogen-bond acceptors (Lipinski definition) is 5. The highest BCUT2D eigenvalue weighted by molar-refractivity contribution is 5.90. The standard InChI is InChI=1S/C27H34N4O/c1-18(11-14-28)21-9-10-23-24(17-21)29-26(20-7-8-20)30-27(23)31-15-12-19(13-16-31)22-5-3-4-6-25(22)32-2/h3-6,9-10,17-20H,7-8,11-16,28H2,1-2H3. The van der Waals surface area contributed by atoms with Gasteiger partial charge in [0, 0.05) is 24.4 Å². The van der Waals surface area contributed by atoms with Crippen LogP contribution in [-0.4, -0.2) is 36.7 Å². The van der Waals surface area contributed by atoms with Crippen molar-refractivity contribution in [2.24, 2.45) is 5.73 Å². The van der Waals surface area contributed by atoms with Crippen LogP contribution < -0.4 is 15.4 Å². The van der Waals surface area contributed by atoms with Gasteiger partial charge in [-0.15, -0.1) is 0 Å². The summed E-state index contributed by atoms with van der Waals surface area (Å²) < 4.78 is 5.62. The second-order valence-corrected chi connectivity index (χ2v) is 9.44. The van der Waals surface area contributed by atoms with E-state index in [1.807, 2.05) is 6.07 Å². The van der Waals surface area contributed by atoms with Gasteiger partial charge in [0.2, 0.25) is 0 Å². The smallest absolute Gasteiger partial charge is 0.140 e. The van der Waals surface area contributed by atoms with Crippen molar-refractivity contribution in [3.8, 4) is 5.75 Å². The number of aromatic nitrogens is 2. The molecule has 3 aromatic rings. The zero-order valence-corrected chi connectivity index (χ0v) is 19.3. The molecule has 2 aromatic carbocycles. The van der Waals surface area contributed by atoms with Crippen molar-refractivity contribution in [1.82, 2.24) is 9.97 Å². The highest BCUT2D eigenvalue weighted by Crippen LogP contribution is 2.41. The number of nitrogens with two attached hydrogens (primary N) is 1. The number of ether oxygens (including phenoxy) is 1. The first kappa shape index (κ1) is 21.2. The van der Waals surface area contributed by atoms with E-state index in [1.54, 1.807) is 7.11 Å². The molecule has 168 valence electrons. The van der Waals surface area contributed by atoms with Crippen LogP contribution in [0.1, 0.15) is 73.7 Å². The first-order chi connectivity index (χ1) is 15.7. The number of rotatable bonds is 7. The summed E-state index contributed by atoms with van der Waals surface area (Å²) >= 11 is 0. The van der Waals surface area contributed by atoms with Crippen LogP contribution in [0.25, 0.3) is 10.9 Å². The lowest BCUT2D eigenvalue weighted by atomic mass is 9.88. The van der Waals surface area contributed by atoms with Crippen LogP contribution in [0.3, 0.4) is 0 Å². The quantitative estimate of drug-likeness (QED) is 0.547. The number of piperidine rings is 1. The average Bonchev–Trinajstić information content (AvgIpc) is 3.69. The zero-order chi connectivity index (χ0) is 22.1. The van der Waals surface area contributed by atoms with E-state index in [0.29, 0.717) is 24.3 Å². The van der Waals surface area contributed by atoms with Crippen molar-refractivity contribution < 1.29 is 4.74 Å². The van der Waals surface area contributed by atoms with Crippen molar-refractivity contribution >= 4 is 16.7 Å². The van der Waals surface area contributed by atoms with Crippen molar-refractivity contribution in [2.45, 2.75) is 56.8 Å². The summed E-state index contributed by atoms with van der Waals surface area (Å²) in [5.41, 5.74) is 9.55. The summed E-state index contributed by atoms with van der Waals surface area (Å²) in [6.07, 6.45) is 5.63. The zero-order valence-electron chi connectivity index (χ0n) is 19.3.